The normalized spacial score (nSPS) is 30.3. The molecule has 4 atom stereocenters. The van der Waals surface area contributed by atoms with Crippen LogP contribution in [0.3, 0.4) is 0 Å². The van der Waals surface area contributed by atoms with Crippen LogP contribution in [-0.2, 0) is 4.74 Å². The summed E-state index contributed by atoms with van der Waals surface area (Å²) in [5, 5.41) is 19.5. The van der Waals surface area contributed by atoms with Gasteiger partial charge in [-0.3, -0.25) is 9.78 Å². The van der Waals surface area contributed by atoms with Crippen LogP contribution in [0.4, 0.5) is 10.3 Å². The number of nitrogen functional groups attached to an aromatic ring is 1. The van der Waals surface area contributed by atoms with Crippen molar-refractivity contribution in [3.8, 4) is 11.8 Å². The minimum atomic E-state index is -2.47. The fraction of sp³-hybridized carbons (Fsp3) is 0.429. The number of H-pyrrole nitrogens is 1. The lowest BCUT2D eigenvalue weighted by Gasteiger charge is -2.24. The van der Waals surface area contributed by atoms with Crippen molar-refractivity contribution < 1.29 is 19.3 Å². The highest BCUT2D eigenvalue weighted by atomic mass is 19.1. The monoisotopic (exact) mass is 322 g/mol. The molecule has 1 fully saturated rings. The Balaban J connectivity index is 2.20. The van der Waals surface area contributed by atoms with Crippen LogP contribution in [0.2, 0.25) is 0 Å². The number of nitrogens with one attached hydrogen (secondary N) is 1. The van der Waals surface area contributed by atoms with Crippen LogP contribution in [0.15, 0.2) is 17.1 Å². The van der Waals surface area contributed by atoms with Gasteiger partial charge in [-0.15, -0.1) is 5.92 Å². The molecule has 3 rings (SSSR count). The van der Waals surface area contributed by atoms with Crippen molar-refractivity contribution in [1.82, 2.24) is 14.5 Å². The molecule has 0 bridgehead atoms. The molecule has 1 aliphatic rings. The lowest BCUT2D eigenvalue weighted by molar-refractivity contribution is -0.0501. The third kappa shape index (κ3) is 2.19. The van der Waals surface area contributed by atoms with Crippen LogP contribution in [0.5, 0.6) is 0 Å². The van der Waals surface area contributed by atoms with Crippen LogP contribution in [0.25, 0.3) is 11.0 Å². The van der Waals surface area contributed by atoms with Crippen molar-refractivity contribution in [1.29, 1.82) is 0 Å². The molecule has 122 valence electrons. The van der Waals surface area contributed by atoms with E-state index < -0.39 is 36.3 Å². The highest BCUT2D eigenvalue weighted by Gasteiger charge is 2.57. The van der Waals surface area contributed by atoms with E-state index in [0.717, 1.165) is 0 Å². The van der Waals surface area contributed by atoms with Gasteiger partial charge in [0.25, 0.3) is 5.56 Å². The van der Waals surface area contributed by atoms with Gasteiger partial charge in [0.15, 0.2) is 11.9 Å². The predicted octanol–water partition coefficient (Wildman–Crippen LogP) is -0.711. The van der Waals surface area contributed by atoms with Gasteiger partial charge >= 0.3 is 0 Å². The maximum atomic E-state index is 15.3. The summed E-state index contributed by atoms with van der Waals surface area (Å²) >= 11 is 0. The summed E-state index contributed by atoms with van der Waals surface area (Å²) in [4.78, 5) is 18.2. The second kappa shape index (κ2) is 5.34. The van der Waals surface area contributed by atoms with Crippen molar-refractivity contribution in [3.05, 3.63) is 22.6 Å². The van der Waals surface area contributed by atoms with Crippen LogP contribution in [-0.4, -0.2) is 49.2 Å². The maximum Gasteiger partial charge on any atom is 0.261 e. The van der Waals surface area contributed by atoms with Gasteiger partial charge in [-0.25, -0.2) is 4.39 Å². The number of halogens is 1. The van der Waals surface area contributed by atoms with Gasteiger partial charge in [-0.1, -0.05) is 5.92 Å². The van der Waals surface area contributed by atoms with Gasteiger partial charge in [0.2, 0.25) is 11.6 Å². The SMILES string of the molecule is CC#CC1(F)[C@@H](O)[C@@H](CO)O[C@H]1n1ccc2c(=O)[nH]c(N)nc21. The van der Waals surface area contributed by atoms with Crippen molar-refractivity contribution in [2.45, 2.75) is 31.0 Å². The van der Waals surface area contributed by atoms with Gasteiger partial charge in [-0.05, 0) is 13.0 Å². The summed E-state index contributed by atoms with van der Waals surface area (Å²) in [6.45, 7) is 0.843. The number of aliphatic hydroxyl groups excluding tert-OH is 2. The zero-order valence-corrected chi connectivity index (χ0v) is 12.2. The summed E-state index contributed by atoms with van der Waals surface area (Å²) in [5.41, 5.74) is 2.68. The van der Waals surface area contributed by atoms with Gasteiger partial charge in [-0.2, -0.15) is 4.98 Å². The molecule has 0 amide bonds. The number of rotatable bonds is 2. The Labute approximate surface area is 129 Å². The van der Waals surface area contributed by atoms with Crippen LogP contribution >= 0.6 is 0 Å². The number of ether oxygens (including phenoxy) is 1. The molecule has 23 heavy (non-hydrogen) atoms. The Morgan fingerprint density at radius 3 is 3.04 bits per heavy atom. The van der Waals surface area contributed by atoms with E-state index in [4.69, 9.17) is 10.5 Å². The van der Waals surface area contributed by atoms with E-state index in [0.29, 0.717) is 0 Å². The molecular weight excluding hydrogens is 307 g/mol. The molecule has 1 aliphatic heterocycles. The largest absolute Gasteiger partial charge is 0.394 e. The standard InChI is InChI=1S/C14H15FN4O4/c1-2-4-14(15)9(21)8(6-20)23-12(14)19-5-3-7-10(19)17-13(16)18-11(7)22/h3,5,8-9,12,20-21H,6H2,1H3,(H3,16,17,18,22)/t8-,9+,12-,14?/m1/s1. The van der Waals surface area contributed by atoms with E-state index in [9.17, 15) is 15.0 Å². The first-order valence-corrected chi connectivity index (χ1v) is 6.86. The fourth-order valence-corrected chi connectivity index (χ4v) is 2.74. The summed E-state index contributed by atoms with van der Waals surface area (Å²) in [5.74, 6) is 4.58. The predicted molar refractivity (Wildman–Crippen MR) is 79.1 cm³/mol. The Morgan fingerprint density at radius 2 is 2.39 bits per heavy atom. The highest BCUT2D eigenvalue weighted by Crippen LogP contribution is 2.42. The number of fused-ring (bicyclic) bond motifs is 1. The van der Waals surface area contributed by atoms with E-state index in [-0.39, 0.29) is 17.0 Å². The van der Waals surface area contributed by atoms with E-state index in [1.54, 1.807) is 0 Å². The number of aromatic nitrogens is 3. The van der Waals surface area contributed by atoms with Crippen LogP contribution in [0, 0.1) is 11.8 Å². The smallest absolute Gasteiger partial charge is 0.261 e. The molecule has 9 heteroatoms. The molecule has 0 aromatic carbocycles. The molecular formula is C14H15FN4O4. The molecule has 8 nitrogen and oxygen atoms in total. The minimum absolute atomic E-state index is 0.0990. The molecule has 1 saturated heterocycles. The number of aromatic amines is 1. The third-order valence-corrected chi connectivity index (χ3v) is 3.79. The summed E-state index contributed by atoms with van der Waals surface area (Å²) in [6.07, 6.45) is -2.78. The number of hydrogen-bond acceptors (Lipinski definition) is 6. The minimum Gasteiger partial charge on any atom is -0.394 e. The zero-order chi connectivity index (χ0) is 16.8. The second-order valence-corrected chi connectivity index (χ2v) is 5.21. The van der Waals surface area contributed by atoms with E-state index in [1.165, 1.54) is 23.8 Å². The fourth-order valence-electron chi connectivity index (χ4n) is 2.74. The van der Waals surface area contributed by atoms with Crippen molar-refractivity contribution >= 4 is 17.0 Å². The van der Waals surface area contributed by atoms with E-state index in [1.807, 2.05) is 0 Å². The topological polar surface area (TPSA) is 126 Å². The van der Waals surface area contributed by atoms with Gasteiger partial charge < -0.3 is 25.3 Å². The Morgan fingerprint density at radius 1 is 1.65 bits per heavy atom. The lowest BCUT2D eigenvalue weighted by atomic mass is 9.96. The molecule has 0 aliphatic carbocycles. The van der Waals surface area contributed by atoms with Gasteiger partial charge in [0.05, 0.1) is 12.0 Å². The summed E-state index contributed by atoms with van der Waals surface area (Å²) in [6, 6.07) is 1.43. The number of anilines is 1. The average molecular weight is 322 g/mol. The zero-order valence-electron chi connectivity index (χ0n) is 12.2. The average Bonchev–Trinajstić information content (AvgIpc) is 3.01. The number of nitrogens with two attached hydrogens (primary N) is 1. The number of nitrogens with zero attached hydrogens (tertiary/aromatic N) is 2. The molecule has 2 aromatic heterocycles. The molecule has 5 N–H and O–H groups in total. The first-order valence-electron chi connectivity index (χ1n) is 6.86. The highest BCUT2D eigenvalue weighted by molar-refractivity contribution is 5.76. The van der Waals surface area contributed by atoms with Crippen molar-refractivity contribution in [3.63, 3.8) is 0 Å². The first kappa shape index (κ1) is 15.5. The van der Waals surface area contributed by atoms with Gasteiger partial charge in [0.1, 0.15) is 12.2 Å². The quantitative estimate of drug-likeness (QED) is 0.541. The Bertz CT molecular complexity index is 867. The second-order valence-electron chi connectivity index (χ2n) is 5.21. The number of alkyl halides is 1. The Kier molecular flexibility index (Phi) is 3.60. The first-order chi connectivity index (χ1) is 10.9. The lowest BCUT2D eigenvalue weighted by Crippen LogP contribution is -2.42. The van der Waals surface area contributed by atoms with Crippen LogP contribution in [0.1, 0.15) is 13.2 Å². The van der Waals surface area contributed by atoms with E-state index in [2.05, 4.69) is 21.8 Å². The third-order valence-electron chi connectivity index (χ3n) is 3.79. The molecule has 0 radical (unpaired) electrons. The number of hydrogen-bond donors (Lipinski definition) is 4. The van der Waals surface area contributed by atoms with E-state index >= 15 is 4.39 Å². The summed E-state index contributed by atoms with van der Waals surface area (Å²) in [7, 11) is 0. The molecule has 3 heterocycles. The summed E-state index contributed by atoms with van der Waals surface area (Å²) < 4.78 is 21.9. The Hall–Kier alpha value is -2.41. The van der Waals surface area contributed by atoms with Crippen molar-refractivity contribution in [2.24, 2.45) is 0 Å². The van der Waals surface area contributed by atoms with Crippen molar-refractivity contribution in [2.75, 3.05) is 12.3 Å². The molecule has 0 saturated carbocycles. The molecule has 2 aromatic rings. The molecule has 1 unspecified atom stereocenters. The maximum absolute atomic E-state index is 15.3. The van der Waals surface area contributed by atoms with Gasteiger partial charge in [0, 0.05) is 6.20 Å². The van der Waals surface area contributed by atoms with Crippen LogP contribution < -0.4 is 11.3 Å². The number of aliphatic hydroxyl groups is 2. The molecule has 0 spiro atoms.